The minimum atomic E-state index is -1.28. The Kier molecular flexibility index (Phi) is 4.82. The number of nitrogens with zero attached hydrogens (tertiary/aromatic N) is 1. The highest BCUT2D eigenvalue weighted by Crippen LogP contribution is 2.37. The van der Waals surface area contributed by atoms with Crippen LogP contribution in [0.25, 0.3) is 0 Å². The van der Waals surface area contributed by atoms with E-state index in [0.29, 0.717) is 17.7 Å². The summed E-state index contributed by atoms with van der Waals surface area (Å²) in [4.78, 5) is 12.8. The number of esters is 1. The van der Waals surface area contributed by atoms with Crippen LogP contribution in [0.3, 0.4) is 0 Å². The number of benzene rings is 2. The first kappa shape index (κ1) is 17.8. The summed E-state index contributed by atoms with van der Waals surface area (Å²) in [6, 6.07) is 21.9. The maximum absolute atomic E-state index is 12.8. The molecule has 4 heteroatoms. The Morgan fingerprint density at radius 3 is 2.46 bits per heavy atom. The minimum absolute atomic E-state index is 0.411. The fraction of sp³-hybridized carbons (Fsp3) is 0.167. The fourth-order valence-electron chi connectivity index (χ4n) is 3.55. The third kappa shape index (κ3) is 3.47. The number of fused-ring (bicyclic) bond motifs is 1. The van der Waals surface area contributed by atoms with Gasteiger partial charge in [0.05, 0.1) is 5.56 Å². The van der Waals surface area contributed by atoms with Crippen LogP contribution in [0.2, 0.25) is 0 Å². The third-order valence-electron chi connectivity index (χ3n) is 4.86. The van der Waals surface area contributed by atoms with E-state index >= 15 is 0 Å². The highest BCUT2D eigenvalue weighted by molar-refractivity contribution is 5.89. The molecule has 1 heterocycles. The standard InChI is InChI=1S/C24H19NO3/c26-23(21-11-5-2-6-12-21)28-24(17-15-19-9-3-1-4-10-19)16-7-13-20-14-8-18-25(27)22(20)24/h1-6,8-12,14,18H,7,13,16H2. The Morgan fingerprint density at radius 2 is 1.71 bits per heavy atom. The van der Waals surface area contributed by atoms with Crippen molar-refractivity contribution in [1.82, 2.24) is 0 Å². The lowest BCUT2D eigenvalue weighted by Gasteiger charge is -2.31. The topological polar surface area (TPSA) is 53.2 Å². The molecular weight excluding hydrogens is 350 g/mol. The van der Waals surface area contributed by atoms with Crippen molar-refractivity contribution in [3.8, 4) is 11.8 Å². The predicted molar refractivity (Wildman–Crippen MR) is 105 cm³/mol. The molecule has 1 aromatic heterocycles. The SMILES string of the molecule is O=C(OC1(C#Cc2ccccc2)CCCc2ccc[n+]([O-])c21)c1ccccc1. The smallest absolute Gasteiger partial charge is 0.340 e. The fourth-order valence-corrected chi connectivity index (χ4v) is 3.55. The van der Waals surface area contributed by atoms with E-state index in [-0.39, 0.29) is 0 Å². The second-order valence-corrected chi connectivity index (χ2v) is 6.76. The van der Waals surface area contributed by atoms with Gasteiger partial charge in [0.25, 0.3) is 11.3 Å². The van der Waals surface area contributed by atoms with Crippen LogP contribution in [0.15, 0.2) is 79.0 Å². The van der Waals surface area contributed by atoms with Gasteiger partial charge in [0.15, 0.2) is 6.20 Å². The highest BCUT2D eigenvalue weighted by Gasteiger charge is 2.46. The summed E-state index contributed by atoms with van der Waals surface area (Å²) < 4.78 is 6.74. The number of ether oxygens (including phenoxy) is 1. The van der Waals surface area contributed by atoms with E-state index < -0.39 is 11.6 Å². The molecule has 0 spiro atoms. The van der Waals surface area contributed by atoms with E-state index in [9.17, 15) is 10.0 Å². The molecule has 3 aromatic rings. The van der Waals surface area contributed by atoms with Crippen molar-refractivity contribution in [2.45, 2.75) is 24.9 Å². The van der Waals surface area contributed by atoms with Crippen LogP contribution < -0.4 is 4.73 Å². The quantitative estimate of drug-likeness (QED) is 0.299. The van der Waals surface area contributed by atoms with Crippen LogP contribution >= 0.6 is 0 Å². The maximum atomic E-state index is 12.8. The number of aromatic nitrogens is 1. The average Bonchev–Trinajstić information content (AvgIpc) is 2.74. The Morgan fingerprint density at radius 1 is 1.00 bits per heavy atom. The first-order valence-electron chi connectivity index (χ1n) is 9.26. The molecule has 0 fully saturated rings. The van der Waals surface area contributed by atoms with E-state index in [2.05, 4.69) is 11.8 Å². The summed E-state index contributed by atoms with van der Waals surface area (Å²) >= 11 is 0. The molecule has 138 valence electrons. The lowest BCUT2D eigenvalue weighted by molar-refractivity contribution is -0.622. The van der Waals surface area contributed by atoms with Gasteiger partial charge in [-0.2, -0.15) is 4.73 Å². The van der Waals surface area contributed by atoms with Gasteiger partial charge in [-0.15, -0.1) is 0 Å². The molecule has 4 rings (SSSR count). The molecule has 0 bridgehead atoms. The Bertz CT molecular complexity index is 1050. The van der Waals surface area contributed by atoms with Gasteiger partial charge in [-0.1, -0.05) is 42.3 Å². The van der Waals surface area contributed by atoms with Gasteiger partial charge in [0.2, 0.25) is 0 Å². The monoisotopic (exact) mass is 369 g/mol. The van der Waals surface area contributed by atoms with E-state index in [1.165, 1.54) is 6.20 Å². The van der Waals surface area contributed by atoms with Crippen LogP contribution in [0.5, 0.6) is 0 Å². The molecule has 1 atom stereocenters. The zero-order chi connectivity index (χ0) is 19.4. The van der Waals surface area contributed by atoms with Gasteiger partial charge in [0, 0.05) is 23.6 Å². The van der Waals surface area contributed by atoms with E-state index in [1.54, 1.807) is 30.3 Å². The lowest BCUT2D eigenvalue weighted by atomic mass is 9.82. The zero-order valence-corrected chi connectivity index (χ0v) is 15.3. The van der Waals surface area contributed by atoms with E-state index in [0.717, 1.165) is 28.7 Å². The van der Waals surface area contributed by atoms with Crippen molar-refractivity contribution in [1.29, 1.82) is 0 Å². The van der Waals surface area contributed by atoms with Crippen LogP contribution in [0.4, 0.5) is 0 Å². The third-order valence-corrected chi connectivity index (χ3v) is 4.86. The summed E-state index contributed by atoms with van der Waals surface area (Å²) in [7, 11) is 0. The first-order valence-corrected chi connectivity index (χ1v) is 9.26. The molecular formula is C24H19NO3. The molecule has 0 N–H and O–H groups in total. The summed E-state index contributed by atoms with van der Waals surface area (Å²) in [5.41, 5.74) is 1.24. The number of aryl methyl sites for hydroxylation is 1. The van der Waals surface area contributed by atoms with Crippen molar-refractivity contribution in [3.05, 3.63) is 107 Å². The number of rotatable bonds is 2. The number of carbonyl (C=O) groups is 1. The summed E-state index contributed by atoms with van der Waals surface area (Å²) in [6.07, 6.45) is 3.45. The second kappa shape index (κ2) is 7.58. The van der Waals surface area contributed by atoms with Crippen molar-refractivity contribution < 1.29 is 14.3 Å². The van der Waals surface area contributed by atoms with Crippen molar-refractivity contribution in [3.63, 3.8) is 0 Å². The average molecular weight is 369 g/mol. The normalized spacial score (nSPS) is 17.7. The molecule has 1 unspecified atom stereocenters. The summed E-state index contributed by atoms with van der Waals surface area (Å²) in [6.45, 7) is 0. The predicted octanol–water partition coefficient (Wildman–Crippen LogP) is 3.76. The van der Waals surface area contributed by atoms with Gasteiger partial charge in [0.1, 0.15) is 0 Å². The Labute approximate surface area is 164 Å². The lowest BCUT2D eigenvalue weighted by Crippen LogP contribution is -2.47. The Hall–Kier alpha value is -3.58. The van der Waals surface area contributed by atoms with Crippen LogP contribution in [0, 0.1) is 17.0 Å². The van der Waals surface area contributed by atoms with Gasteiger partial charge < -0.3 is 9.94 Å². The molecule has 0 radical (unpaired) electrons. The van der Waals surface area contributed by atoms with Gasteiger partial charge >= 0.3 is 5.97 Å². The largest absolute Gasteiger partial charge is 0.618 e. The first-order chi connectivity index (χ1) is 13.7. The summed E-state index contributed by atoms with van der Waals surface area (Å²) in [5, 5.41) is 12.7. The van der Waals surface area contributed by atoms with Crippen LogP contribution in [-0.2, 0) is 16.8 Å². The molecule has 0 saturated heterocycles. The van der Waals surface area contributed by atoms with Crippen LogP contribution in [0.1, 0.15) is 40.0 Å². The molecule has 1 aliphatic carbocycles. The van der Waals surface area contributed by atoms with Crippen molar-refractivity contribution in [2.24, 2.45) is 0 Å². The molecule has 2 aromatic carbocycles. The van der Waals surface area contributed by atoms with E-state index in [1.807, 2.05) is 42.5 Å². The zero-order valence-electron chi connectivity index (χ0n) is 15.3. The van der Waals surface area contributed by atoms with Gasteiger partial charge in [-0.25, -0.2) is 4.79 Å². The maximum Gasteiger partial charge on any atom is 0.340 e. The number of pyridine rings is 1. The summed E-state index contributed by atoms with van der Waals surface area (Å²) in [5.74, 6) is 5.75. The second-order valence-electron chi connectivity index (χ2n) is 6.76. The molecule has 0 saturated carbocycles. The highest BCUT2D eigenvalue weighted by atomic mass is 16.6. The van der Waals surface area contributed by atoms with Gasteiger partial charge in [-0.3, -0.25) is 0 Å². The number of hydrogen-bond acceptors (Lipinski definition) is 3. The van der Waals surface area contributed by atoms with Crippen LogP contribution in [-0.4, -0.2) is 5.97 Å². The minimum Gasteiger partial charge on any atom is -0.618 e. The molecule has 1 aliphatic rings. The molecule has 4 nitrogen and oxygen atoms in total. The molecule has 0 aliphatic heterocycles. The molecule has 0 amide bonds. The Balaban J connectivity index is 1.82. The number of carbonyl (C=O) groups excluding carboxylic acids is 1. The van der Waals surface area contributed by atoms with Gasteiger partial charge in [-0.05, 0) is 49.1 Å². The van der Waals surface area contributed by atoms with Crippen molar-refractivity contribution >= 4 is 5.97 Å². The molecule has 28 heavy (non-hydrogen) atoms. The number of hydrogen-bond donors (Lipinski definition) is 0. The van der Waals surface area contributed by atoms with Crippen molar-refractivity contribution in [2.75, 3.05) is 0 Å². The van der Waals surface area contributed by atoms with E-state index in [4.69, 9.17) is 4.74 Å².